The molecule has 0 spiro atoms. The highest BCUT2D eigenvalue weighted by molar-refractivity contribution is 7.92. The quantitative estimate of drug-likeness (QED) is 0.728. The van der Waals surface area contributed by atoms with Crippen molar-refractivity contribution in [2.24, 2.45) is 0 Å². The minimum atomic E-state index is -3.58. The van der Waals surface area contributed by atoms with Crippen molar-refractivity contribution in [3.63, 3.8) is 0 Å². The fourth-order valence-electron chi connectivity index (χ4n) is 2.63. The third-order valence-corrected chi connectivity index (χ3v) is 4.87. The van der Waals surface area contributed by atoms with Gasteiger partial charge in [0.15, 0.2) is 0 Å². The molecule has 2 atom stereocenters. The van der Waals surface area contributed by atoms with Crippen LogP contribution in [-0.2, 0) is 21.2 Å². The van der Waals surface area contributed by atoms with Crippen molar-refractivity contribution in [2.45, 2.75) is 32.2 Å². The van der Waals surface area contributed by atoms with E-state index in [2.05, 4.69) is 10.0 Å². The molecular weight excluding hydrogens is 391 g/mol. The maximum atomic E-state index is 14.1. The number of carbonyl (C=O) groups is 1. The van der Waals surface area contributed by atoms with Crippen LogP contribution in [0.15, 0.2) is 42.5 Å². The molecule has 27 heavy (non-hydrogen) atoms. The van der Waals surface area contributed by atoms with Gasteiger partial charge in [0.25, 0.3) is 0 Å². The smallest absolute Gasteiger partial charge is 0.229 e. The Labute approximate surface area is 164 Å². The van der Waals surface area contributed by atoms with Crippen molar-refractivity contribution in [1.29, 1.82) is 0 Å². The molecule has 0 aliphatic rings. The Morgan fingerprint density at radius 3 is 2.33 bits per heavy atom. The van der Waals surface area contributed by atoms with Gasteiger partial charge in [-0.2, -0.15) is 0 Å². The number of carbonyl (C=O) groups excluding carboxylic acids is 1. The summed E-state index contributed by atoms with van der Waals surface area (Å²) in [6.45, 7) is 3.56. The van der Waals surface area contributed by atoms with Crippen LogP contribution in [0.25, 0.3) is 0 Å². The van der Waals surface area contributed by atoms with Crippen LogP contribution in [0.1, 0.15) is 30.9 Å². The van der Waals surface area contributed by atoms with Crippen molar-refractivity contribution in [1.82, 2.24) is 5.32 Å². The van der Waals surface area contributed by atoms with E-state index in [4.69, 9.17) is 11.6 Å². The van der Waals surface area contributed by atoms with Crippen LogP contribution in [0.5, 0.6) is 0 Å². The lowest BCUT2D eigenvalue weighted by molar-refractivity contribution is -0.122. The Balaban J connectivity index is 2.01. The predicted molar refractivity (Wildman–Crippen MR) is 106 cm³/mol. The SMILES string of the molecule is CC(Cc1ccc(Cl)cc1)NC(=O)C(C)c1ccc(NS(C)(=O)=O)c(F)c1. The summed E-state index contributed by atoms with van der Waals surface area (Å²) in [5.74, 6) is -1.55. The van der Waals surface area contributed by atoms with Gasteiger partial charge in [-0.15, -0.1) is 0 Å². The second kappa shape index (κ2) is 8.71. The molecule has 0 aliphatic carbocycles. The summed E-state index contributed by atoms with van der Waals surface area (Å²) in [6.07, 6.45) is 1.58. The molecule has 0 aliphatic heterocycles. The van der Waals surface area contributed by atoms with Gasteiger partial charge in [-0.3, -0.25) is 9.52 Å². The third-order valence-electron chi connectivity index (χ3n) is 4.03. The van der Waals surface area contributed by atoms with Gasteiger partial charge >= 0.3 is 0 Å². The van der Waals surface area contributed by atoms with Gasteiger partial charge in [0.1, 0.15) is 5.82 Å². The molecule has 2 aromatic carbocycles. The summed E-state index contributed by atoms with van der Waals surface area (Å²) in [4.78, 5) is 12.5. The number of amides is 1. The number of rotatable bonds is 7. The largest absolute Gasteiger partial charge is 0.353 e. The maximum Gasteiger partial charge on any atom is 0.229 e. The Hall–Kier alpha value is -2.12. The van der Waals surface area contributed by atoms with Crippen LogP contribution < -0.4 is 10.0 Å². The first-order chi connectivity index (χ1) is 12.5. The second-order valence-corrected chi connectivity index (χ2v) is 8.76. The summed E-state index contributed by atoms with van der Waals surface area (Å²) in [7, 11) is -3.58. The highest BCUT2D eigenvalue weighted by Crippen LogP contribution is 2.22. The van der Waals surface area contributed by atoms with Crippen LogP contribution in [0, 0.1) is 5.82 Å². The van der Waals surface area contributed by atoms with Crippen molar-refractivity contribution in [2.75, 3.05) is 11.0 Å². The van der Waals surface area contributed by atoms with Gasteiger partial charge in [-0.05, 0) is 55.7 Å². The fourth-order valence-corrected chi connectivity index (χ4v) is 3.32. The van der Waals surface area contributed by atoms with E-state index in [1.807, 2.05) is 19.1 Å². The van der Waals surface area contributed by atoms with Crippen LogP contribution >= 0.6 is 11.6 Å². The van der Waals surface area contributed by atoms with Gasteiger partial charge in [0.2, 0.25) is 15.9 Å². The molecule has 5 nitrogen and oxygen atoms in total. The zero-order valence-corrected chi connectivity index (χ0v) is 16.9. The number of hydrogen-bond donors (Lipinski definition) is 2. The lowest BCUT2D eigenvalue weighted by atomic mass is 9.99. The van der Waals surface area contributed by atoms with E-state index in [9.17, 15) is 17.6 Å². The minimum absolute atomic E-state index is 0.114. The zero-order chi connectivity index (χ0) is 20.2. The average Bonchev–Trinajstić information content (AvgIpc) is 2.57. The van der Waals surface area contributed by atoms with Crippen molar-refractivity contribution < 1.29 is 17.6 Å². The number of halogens is 2. The fraction of sp³-hybridized carbons (Fsp3) is 0.316. The minimum Gasteiger partial charge on any atom is -0.353 e. The zero-order valence-electron chi connectivity index (χ0n) is 15.3. The van der Waals surface area contributed by atoms with Gasteiger partial charge in [0.05, 0.1) is 17.9 Å². The van der Waals surface area contributed by atoms with Crippen LogP contribution in [0.2, 0.25) is 5.02 Å². The summed E-state index contributed by atoms with van der Waals surface area (Å²) >= 11 is 5.86. The number of nitrogens with one attached hydrogen (secondary N) is 2. The van der Waals surface area contributed by atoms with Gasteiger partial charge in [0, 0.05) is 11.1 Å². The third kappa shape index (κ3) is 6.52. The number of benzene rings is 2. The molecule has 0 aromatic heterocycles. The first-order valence-corrected chi connectivity index (χ1v) is 10.6. The molecule has 0 heterocycles. The molecule has 0 saturated heterocycles. The van der Waals surface area contributed by atoms with E-state index in [0.29, 0.717) is 17.0 Å². The van der Waals surface area contributed by atoms with E-state index >= 15 is 0 Å². The van der Waals surface area contributed by atoms with E-state index in [-0.39, 0.29) is 17.6 Å². The monoisotopic (exact) mass is 412 g/mol. The topological polar surface area (TPSA) is 75.3 Å². The Morgan fingerprint density at radius 1 is 1.15 bits per heavy atom. The van der Waals surface area contributed by atoms with E-state index < -0.39 is 21.8 Å². The molecule has 2 aromatic rings. The first kappa shape index (κ1) is 21.2. The van der Waals surface area contributed by atoms with Gasteiger partial charge in [-0.25, -0.2) is 12.8 Å². The molecule has 0 fully saturated rings. The summed E-state index contributed by atoms with van der Waals surface area (Å²) in [5.41, 5.74) is 1.36. The van der Waals surface area contributed by atoms with Crippen molar-refractivity contribution >= 4 is 33.2 Å². The molecule has 2 rings (SSSR count). The predicted octanol–water partition coefficient (Wildman–Crippen LogP) is 3.70. The molecule has 0 bridgehead atoms. The number of hydrogen-bond acceptors (Lipinski definition) is 3. The molecule has 2 N–H and O–H groups in total. The highest BCUT2D eigenvalue weighted by Gasteiger charge is 2.19. The molecule has 0 saturated carbocycles. The first-order valence-electron chi connectivity index (χ1n) is 8.37. The van der Waals surface area contributed by atoms with Gasteiger partial charge in [-0.1, -0.05) is 29.8 Å². The van der Waals surface area contributed by atoms with E-state index in [1.165, 1.54) is 18.2 Å². The molecule has 0 radical (unpaired) electrons. The van der Waals surface area contributed by atoms with Crippen molar-refractivity contribution in [3.8, 4) is 0 Å². The van der Waals surface area contributed by atoms with Gasteiger partial charge < -0.3 is 5.32 Å². The molecule has 8 heteroatoms. The number of sulfonamides is 1. The highest BCUT2D eigenvalue weighted by atomic mass is 35.5. The lowest BCUT2D eigenvalue weighted by Gasteiger charge is -2.18. The molecule has 1 amide bonds. The van der Waals surface area contributed by atoms with E-state index in [1.54, 1.807) is 19.1 Å². The summed E-state index contributed by atoms with van der Waals surface area (Å²) in [6, 6.07) is 11.3. The Morgan fingerprint density at radius 2 is 1.78 bits per heavy atom. The summed E-state index contributed by atoms with van der Waals surface area (Å²) in [5, 5.41) is 3.56. The Bertz CT molecular complexity index is 917. The van der Waals surface area contributed by atoms with Crippen LogP contribution in [0.4, 0.5) is 10.1 Å². The summed E-state index contributed by atoms with van der Waals surface area (Å²) < 4.78 is 38.7. The molecular formula is C19H22ClFN2O3S. The maximum absolute atomic E-state index is 14.1. The second-order valence-electron chi connectivity index (χ2n) is 6.58. The van der Waals surface area contributed by atoms with E-state index in [0.717, 1.165) is 11.8 Å². The van der Waals surface area contributed by atoms with Crippen molar-refractivity contribution in [3.05, 3.63) is 64.4 Å². The Kier molecular flexibility index (Phi) is 6.84. The average molecular weight is 413 g/mol. The normalized spacial score (nSPS) is 13.7. The number of anilines is 1. The lowest BCUT2D eigenvalue weighted by Crippen LogP contribution is -2.36. The van der Waals surface area contributed by atoms with Crippen LogP contribution in [-0.4, -0.2) is 26.6 Å². The molecule has 2 unspecified atom stereocenters. The van der Waals surface area contributed by atoms with Crippen LogP contribution in [0.3, 0.4) is 0 Å². The molecule has 146 valence electrons. The standard InChI is InChI=1S/C19H22ClFN2O3S/c1-12(10-14-4-7-16(20)8-5-14)22-19(24)13(2)15-6-9-18(17(21)11-15)23-27(3,25)26/h4-9,11-13,23H,10H2,1-3H3,(H,22,24).